The molecule has 1 aliphatic carbocycles. The molecule has 3 heterocycles. The van der Waals surface area contributed by atoms with Crippen LogP contribution in [0.15, 0.2) is 42.7 Å². The second-order valence-electron chi connectivity index (χ2n) is 15.8. The Morgan fingerprint density at radius 2 is 1.62 bits per heavy atom. The fraction of sp³-hybridized carbons (Fsp3) is 0.476. The van der Waals surface area contributed by atoms with Gasteiger partial charge in [-0.2, -0.15) is 5.10 Å². The van der Waals surface area contributed by atoms with Crippen molar-refractivity contribution in [3.8, 4) is 22.4 Å². The van der Waals surface area contributed by atoms with E-state index in [9.17, 15) is 28.0 Å². The summed E-state index contributed by atoms with van der Waals surface area (Å²) in [5.41, 5.74) is 0.981. The quantitative estimate of drug-likeness (QED) is 0.149. The highest BCUT2D eigenvalue weighted by Gasteiger charge is 2.35. The number of amides is 4. The van der Waals surface area contributed by atoms with Crippen LogP contribution in [-0.2, 0) is 23.2 Å². The summed E-state index contributed by atoms with van der Waals surface area (Å²) in [7, 11) is 5.44. The molecule has 0 bridgehead atoms. The van der Waals surface area contributed by atoms with E-state index in [1.54, 1.807) is 11.8 Å². The van der Waals surface area contributed by atoms with Gasteiger partial charge in [0.05, 0.1) is 28.2 Å². The number of nitrogens with one attached hydrogen (secondary N) is 2. The molecule has 1 atom stereocenters. The number of piperazine rings is 1. The number of benzene rings is 2. The number of hydrogen-bond donors (Lipinski definition) is 2. The van der Waals surface area contributed by atoms with Crippen molar-refractivity contribution in [3.63, 3.8) is 0 Å². The van der Waals surface area contributed by atoms with Gasteiger partial charge in [0.25, 0.3) is 11.8 Å². The summed E-state index contributed by atoms with van der Waals surface area (Å²) in [6.45, 7) is 5.75. The summed E-state index contributed by atoms with van der Waals surface area (Å²) >= 11 is 6.55. The van der Waals surface area contributed by atoms with Crippen LogP contribution in [0.3, 0.4) is 0 Å². The molecule has 60 heavy (non-hydrogen) atoms. The lowest BCUT2D eigenvalue weighted by atomic mass is 9.92. The number of alkyl halides is 2. The normalized spacial score (nSPS) is 16.2. The molecule has 1 aliphatic heterocycles. The number of hydrogen-bond acceptors (Lipinski definition) is 7. The van der Waals surface area contributed by atoms with Gasteiger partial charge in [-0.15, -0.1) is 0 Å². The molecule has 2 N–H and O–H groups in total. The Morgan fingerprint density at radius 1 is 0.967 bits per heavy atom. The minimum Gasteiger partial charge on any atom is -0.352 e. The van der Waals surface area contributed by atoms with Crippen LogP contribution in [0.2, 0.25) is 5.02 Å². The Bertz CT molecular complexity index is 2240. The highest BCUT2D eigenvalue weighted by molar-refractivity contribution is 6.34. The van der Waals surface area contributed by atoms with E-state index in [0.717, 1.165) is 19.4 Å². The minimum atomic E-state index is -2.72. The number of aryl methyl sites for hydroxylation is 1. The van der Waals surface area contributed by atoms with Gasteiger partial charge in [-0.1, -0.05) is 24.6 Å². The van der Waals surface area contributed by atoms with Crippen LogP contribution in [0, 0.1) is 24.5 Å². The Kier molecular flexibility index (Phi) is 13.7. The molecule has 0 radical (unpaired) electrons. The van der Waals surface area contributed by atoms with Crippen molar-refractivity contribution in [1.29, 1.82) is 0 Å². The number of carbonyl (C=O) groups excluding carboxylic acids is 4. The predicted octanol–water partition coefficient (Wildman–Crippen LogP) is 6.40. The van der Waals surface area contributed by atoms with Gasteiger partial charge in [0, 0.05) is 86.6 Å². The smallest absolute Gasteiger partial charge is 0.291 e. The van der Waals surface area contributed by atoms with E-state index in [2.05, 4.69) is 25.6 Å². The van der Waals surface area contributed by atoms with Crippen molar-refractivity contribution in [2.45, 2.75) is 70.9 Å². The van der Waals surface area contributed by atoms with E-state index in [0.29, 0.717) is 31.9 Å². The van der Waals surface area contributed by atoms with E-state index in [1.807, 2.05) is 25.9 Å². The molecular formula is C42H50ClF4N9O4. The summed E-state index contributed by atoms with van der Waals surface area (Å²) in [6.07, 6.45) is 3.92. The predicted molar refractivity (Wildman–Crippen MR) is 219 cm³/mol. The van der Waals surface area contributed by atoms with E-state index < -0.39 is 29.4 Å². The Balaban J connectivity index is 1.07. The lowest BCUT2D eigenvalue weighted by Crippen LogP contribution is -2.52. The van der Waals surface area contributed by atoms with Crippen molar-refractivity contribution in [2.24, 2.45) is 13.0 Å². The van der Waals surface area contributed by atoms with Crippen LogP contribution in [-0.4, -0.2) is 116 Å². The lowest BCUT2D eigenvalue weighted by Gasteiger charge is -2.36. The maximum atomic E-state index is 15.7. The van der Waals surface area contributed by atoms with Crippen molar-refractivity contribution >= 4 is 40.9 Å². The number of aromatic nitrogens is 4. The third kappa shape index (κ3) is 10.0. The Hall–Kier alpha value is -5.29. The van der Waals surface area contributed by atoms with Gasteiger partial charge in [-0.05, 0) is 77.5 Å². The molecule has 2 aromatic carbocycles. The number of nitrogens with zero attached hydrogens (tertiary/aromatic N) is 7. The number of anilines is 1. The van der Waals surface area contributed by atoms with Gasteiger partial charge in [-0.3, -0.25) is 23.9 Å². The van der Waals surface area contributed by atoms with Crippen molar-refractivity contribution in [1.82, 2.24) is 39.3 Å². The summed E-state index contributed by atoms with van der Waals surface area (Å²) in [4.78, 5) is 62.2. The van der Waals surface area contributed by atoms with Gasteiger partial charge in [-0.25, -0.2) is 22.5 Å². The zero-order valence-electron chi connectivity index (χ0n) is 34.3. The Labute approximate surface area is 351 Å². The molecule has 6 rings (SSSR count). The van der Waals surface area contributed by atoms with Crippen LogP contribution in [0.4, 0.5) is 23.2 Å². The largest absolute Gasteiger partial charge is 0.352 e. The second kappa shape index (κ2) is 18.5. The topological polar surface area (TPSA) is 138 Å². The van der Waals surface area contributed by atoms with E-state index in [4.69, 9.17) is 11.6 Å². The van der Waals surface area contributed by atoms with Gasteiger partial charge >= 0.3 is 0 Å². The fourth-order valence-electron chi connectivity index (χ4n) is 7.72. The molecule has 1 saturated carbocycles. The molecule has 13 nitrogen and oxygen atoms in total. The van der Waals surface area contributed by atoms with Gasteiger partial charge < -0.3 is 29.9 Å². The summed E-state index contributed by atoms with van der Waals surface area (Å²) < 4.78 is 61.1. The molecule has 2 fully saturated rings. The van der Waals surface area contributed by atoms with E-state index >= 15 is 8.78 Å². The minimum absolute atomic E-state index is 0.0687. The molecular weight excluding hydrogens is 806 g/mol. The standard InChI is InChI=1S/C42H50ClF4N9O4/c1-6-26(13-16-52(3)4)40(59)54-17-19-55(20-18-54)41(60)30-8-7-28(21-33(30)43)50-39(58)38-48-22-34(53(38)5)31-10-9-29(36(44)37(31)45)32-23-56(51-25(32)2)24-35(57)49-27-11-14-42(46,47)15-12-27/h7-10,21-23,26-27H,6,11-20,24H2,1-5H3,(H,49,57)(H,50,58). The first kappa shape index (κ1) is 44.3. The van der Waals surface area contributed by atoms with Crippen molar-refractivity contribution in [2.75, 3.05) is 52.1 Å². The molecule has 1 unspecified atom stereocenters. The zero-order chi connectivity index (χ0) is 43.5. The first-order valence-electron chi connectivity index (χ1n) is 20.0. The number of halogens is 5. The third-order valence-corrected chi connectivity index (χ3v) is 11.6. The first-order chi connectivity index (χ1) is 28.5. The second-order valence-corrected chi connectivity index (χ2v) is 16.2. The molecule has 0 spiro atoms. The van der Waals surface area contributed by atoms with Crippen molar-refractivity contribution in [3.05, 3.63) is 76.5 Å². The SMILES string of the molecule is CCC(CCN(C)C)C(=O)N1CCN(C(=O)c2ccc(NC(=O)c3ncc(-c4ccc(-c5cn(CC(=O)NC6CCC(F)(F)CC6)nc5C)c(F)c4F)n3C)cc2Cl)CC1. The monoisotopic (exact) mass is 855 g/mol. The van der Waals surface area contributed by atoms with Gasteiger partial charge in [0.15, 0.2) is 17.5 Å². The van der Waals surface area contributed by atoms with Gasteiger partial charge in [0.1, 0.15) is 6.54 Å². The molecule has 4 aromatic rings. The van der Waals surface area contributed by atoms with Crippen molar-refractivity contribution < 1.29 is 36.7 Å². The summed E-state index contributed by atoms with van der Waals surface area (Å²) in [5, 5.41) is 9.83. The van der Waals surface area contributed by atoms with E-state index in [1.165, 1.54) is 59.0 Å². The summed E-state index contributed by atoms with van der Waals surface area (Å²) in [6, 6.07) is 6.84. The average molecular weight is 856 g/mol. The van der Waals surface area contributed by atoms with Crippen LogP contribution < -0.4 is 10.6 Å². The van der Waals surface area contributed by atoms with Crippen LogP contribution in [0.25, 0.3) is 22.4 Å². The average Bonchev–Trinajstić information content (AvgIpc) is 3.77. The molecule has 2 aromatic heterocycles. The number of rotatable bonds is 13. The van der Waals surface area contributed by atoms with Crippen LogP contribution in [0.5, 0.6) is 0 Å². The van der Waals surface area contributed by atoms with Gasteiger partial charge in [0.2, 0.25) is 17.7 Å². The zero-order valence-corrected chi connectivity index (χ0v) is 35.1. The first-order valence-corrected chi connectivity index (χ1v) is 20.4. The lowest BCUT2D eigenvalue weighted by molar-refractivity contribution is -0.137. The molecule has 18 heteroatoms. The fourth-order valence-corrected chi connectivity index (χ4v) is 7.98. The number of carbonyl (C=O) groups is 4. The highest BCUT2D eigenvalue weighted by atomic mass is 35.5. The highest BCUT2D eigenvalue weighted by Crippen LogP contribution is 2.35. The molecule has 2 aliphatic rings. The third-order valence-electron chi connectivity index (χ3n) is 11.3. The molecule has 322 valence electrons. The molecule has 4 amide bonds. The summed E-state index contributed by atoms with van der Waals surface area (Å²) in [5.74, 6) is -6.54. The van der Waals surface area contributed by atoms with E-state index in [-0.39, 0.29) is 100 Å². The van der Waals surface area contributed by atoms with Crippen LogP contribution >= 0.6 is 11.6 Å². The molecule has 1 saturated heterocycles. The number of imidazole rings is 1. The maximum absolute atomic E-state index is 15.7. The Morgan fingerprint density at radius 3 is 2.27 bits per heavy atom. The maximum Gasteiger partial charge on any atom is 0.291 e. The van der Waals surface area contributed by atoms with Crippen LogP contribution in [0.1, 0.15) is 72.1 Å².